The van der Waals surface area contributed by atoms with E-state index in [9.17, 15) is 10.1 Å². The van der Waals surface area contributed by atoms with E-state index in [2.05, 4.69) is 31.2 Å². The Balaban J connectivity index is 1.97. The van der Waals surface area contributed by atoms with Crippen molar-refractivity contribution in [2.75, 3.05) is 11.9 Å². The van der Waals surface area contributed by atoms with Gasteiger partial charge in [0, 0.05) is 4.47 Å². The van der Waals surface area contributed by atoms with Gasteiger partial charge in [-0.15, -0.1) is 0 Å². The molecule has 0 amide bonds. The van der Waals surface area contributed by atoms with Crippen molar-refractivity contribution in [3.05, 3.63) is 69.4 Å². The van der Waals surface area contributed by atoms with E-state index < -0.39 is 4.92 Å². The zero-order valence-electron chi connectivity index (χ0n) is 14.3. The van der Waals surface area contributed by atoms with Crippen LogP contribution in [-0.4, -0.2) is 21.5 Å². The Morgan fingerprint density at radius 3 is 2.59 bits per heavy atom. The number of anilines is 2. The molecule has 3 rings (SSSR count). The molecule has 3 aromatic rings. The fourth-order valence-corrected chi connectivity index (χ4v) is 2.55. The molecule has 0 aliphatic carbocycles. The van der Waals surface area contributed by atoms with Gasteiger partial charge in [-0.1, -0.05) is 28.1 Å². The van der Waals surface area contributed by atoms with Gasteiger partial charge in [0.1, 0.15) is 17.8 Å². The van der Waals surface area contributed by atoms with E-state index in [4.69, 9.17) is 9.47 Å². The molecule has 0 saturated heterocycles. The van der Waals surface area contributed by atoms with Crippen molar-refractivity contribution >= 4 is 33.1 Å². The van der Waals surface area contributed by atoms with Gasteiger partial charge in [-0.05, 0) is 43.3 Å². The molecule has 1 heterocycles. The molecule has 2 aromatic carbocycles. The lowest BCUT2D eigenvalue weighted by atomic mass is 10.3. The molecule has 0 fully saturated rings. The molecule has 0 atom stereocenters. The fourth-order valence-electron chi connectivity index (χ4n) is 2.29. The summed E-state index contributed by atoms with van der Waals surface area (Å²) in [5.41, 5.74) is 0.183. The van der Waals surface area contributed by atoms with Crippen molar-refractivity contribution in [1.82, 2.24) is 9.97 Å². The standard InChI is InChI=1S/C18H15BrN4O4/c1-2-26-15-6-4-3-5-14(15)22-17-16(23(24)25)18(21-11-20-17)27-13-9-7-12(19)8-10-13/h3-11H,2H2,1H3,(H,20,21,22). The largest absolute Gasteiger partial charge is 0.492 e. The lowest BCUT2D eigenvalue weighted by Gasteiger charge is -2.12. The molecular weight excluding hydrogens is 416 g/mol. The number of ether oxygens (including phenoxy) is 2. The number of nitrogens with one attached hydrogen (secondary N) is 1. The molecule has 0 spiro atoms. The first-order valence-electron chi connectivity index (χ1n) is 8.00. The molecule has 1 N–H and O–H groups in total. The Morgan fingerprint density at radius 2 is 1.89 bits per heavy atom. The van der Waals surface area contributed by atoms with Gasteiger partial charge in [0.25, 0.3) is 0 Å². The van der Waals surface area contributed by atoms with Gasteiger partial charge in [0.15, 0.2) is 0 Å². The maximum Gasteiger partial charge on any atom is 0.373 e. The van der Waals surface area contributed by atoms with E-state index >= 15 is 0 Å². The monoisotopic (exact) mass is 430 g/mol. The maximum absolute atomic E-state index is 11.7. The summed E-state index contributed by atoms with van der Waals surface area (Å²) in [6.07, 6.45) is 1.20. The van der Waals surface area contributed by atoms with Crippen LogP contribution < -0.4 is 14.8 Å². The minimum Gasteiger partial charge on any atom is -0.492 e. The Kier molecular flexibility index (Phi) is 5.82. The van der Waals surface area contributed by atoms with Crippen molar-refractivity contribution < 1.29 is 14.4 Å². The fraction of sp³-hybridized carbons (Fsp3) is 0.111. The Morgan fingerprint density at radius 1 is 1.15 bits per heavy atom. The number of benzene rings is 2. The molecule has 27 heavy (non-hydrogen) atoms. The van der Waals surface area contributed by atoms with Gasteiger partial charge in [0.2, 0.25) is 5.82 Å². The molecular formula is C18H15BrN4O4. The predicted molar refractivity (Wildman–Crippen MR) is 104 cm³/mol. The molecule has 138 valence electrons. The summed E-state index contributed by atoms with van der Waals surface area (Å²) < 4.78 is 12.0. The molecule has 8 nitrogen and oxygen atoms in total. The highest BCUT2D eigenvalue weighted by atomic mass is 79.9. The third-order valence-corrected chi connectivity index (χ3v) is 3.97. The van der Waals surface area contributed by atoms with E-state index in [1.165, 1.54) is 6.33 Å². The van der Waals surface area contributed by atoms with E-state index in [1.54, 1.807) is 42.5 Å². The molecule has 1 aromatic heterocycles. The smallest absolute Gasteiger partial charge is 0.373 e. The van der Waals surface area contributed by atoms with Gasteiger partial charge >= 0.3 is 11.6 Å². The number of nitrogens with zero attached hydrogens (tertiary/aromatic N) is 3. The van der Waals surface area contributed by atoms with Crippen LogP contribution in [0.1, 0.15) is 6.92 Å². The summed E-state index contributed by atoms with van der Waals surface area (Å²) in [4.78, 5) is 19.0. The molecule has 0 unspecified atom stereocenters. The zero-order chi connectivity index (χ0) is 19.2. The van der Waals surface area contributed by atoms with Gasteiger partial charge in [-0.25, -0.2) is 4.98 Å². The van der Waals surface area contributed by atoms with Crippen LogP contribution in [0.2, 0.25) is 0 Å². The van der Waals surface area contributed by atoms with Crippen molar-refractivity contribution in [2.45, 2.75) is 6.92 Å². The average Bonchev–Trinajstić information content (AvgIpc) is 2.65. The number of halogens is 1. The van der Waals surface area contributed by atoms with Crippen molar-refractivity contribution in [3.8, 4) is 17.4 Å². The van der Waals surface area contributed by atoms with Crippen molar-refractivity contribution in [1.29, 1.82) is 0 Å². The van der Waals surface area contributed by atoms with Gasteiger partial charge in [-0.3, -0.25) is 10.1 Å². The number of aromatic nitrogens is 2. The van der Waals surface area contributed by atoms with Crippen LogP contribution >= 0.6 is 15.9 Å². The highest BCUT2D eigenvalue weighted by Gasteiger charge is 2.25. The average molecular weight is 431 g/mol. The first-order chi connectivity index (χ1) is 13.1. The van der Waals surface area contributed by atoms with E-state index in [0.29, 0.717) is 23.8 Å². The van der Waals surface area contributed by atoms with Crippen LogP contribution in [0.3, 0.4) is 0 Å². The van der Waals surface area contributed by atoms with Gasteiger partial charge in [0.05, 0.1) is 17.2 Å². The Labute approximate surface area is 163 Å². The van der Waals surface area contributed by atoms with Gasteiger partial charge in [-0.2, -0.15) is 4.98 Å². The van der Waals surface area contributed by atoms with Crippen LogP contribution in [0, 0.1) is 10.1 Å². The summed E-state index contributed by atoms with van der Waals surface area (Å²) >= 11 is 3.33. The van der Waals surface area contributed by atoms with Crippen LogP contribution in [0.15, 0.2) is 59.3 Å². The normalized spacial score (nSPS) is 10.3. The summed E-state index contributed by atoms with van der Waals surface area (Å²) in [6.45, 7) is 2.32. The lowest BCUT2D eigenvalue weighted by molar-refractivity contribution is -0.385. The minimum absolute atomic E-state index is 0.00858. The highest BCUT2D eigenvalue weighted by molar-refractivity contribution is 9.10. The summed E-state index contributed by atoms with van der Waals surface area (Å²) in [5, 5.41) is 14.6. The number of hydrogen-bond acceptors (Lipinski definition) is 7. The van der Waals surface area contributed by atoms with Crippen LogP contribution in [0.5, 0.6) is 17.4 Å². The molecule has 0 bridgehead atoms. The first kappa shape index (κ1) is 18.6. The van der Waals surface area contributed by atoms with Crippen LogP contribution in [0.25, 0.3) is 0 Å². The van der Waals surface area contributed by atoms with Gasteiger partial charge < -0.3 is 14.8 Å². The third kappa shape index (κ3) is 4.50. The molecule has 0 radical (unpaired) electrons. The quantitative estimate of drug-likeness (QED) is 0.411. The number of hydrogen-bond donors (Lipinski definition) is 1. The van der Waals surface area contributed by atoms with Crippen LogP contribution in [0.4, 0.5) is 17.2 Å². The summed E-state index contributed by atoms with van der Waals surface area (Å²) in [7, 11) is 0. The SMILES string of the molecule is CCOc1ccccc1Nc1ncnc(Oc2ccc(Br)cc2)c1[N+](=O)[O-]. The van der Waals surface area contributed by atoms with E-state index in [1.807, 2.05) is 13.0 Å². The molecule has 0 aliphatic heterocycles. The predicted octanol–water partition coefficient (Wildman–Crippen LogP) is 5.08. The zero-order valence-corrected chi connectivity index (χ0v) is 15.8. The van der Waals surface area contributed by atoms with E-state index in [0.717, 1.165) is 4.47 Å². The summed E-state index contributed by atoms with van der Waals surface area (Å²) in [6, 6.07) is 14.0. The second kappa shape index (κ2) is 8.45. The lowest BCUT2D eigenvalue weighted by Crippen LogP contribution is -2.04. The highest BCUT2D eigenvalue weighted by Crippen LogP contribution is 2.37. The van der Waals surface area contributed by atoms with Crippen molar-refractivity contribution in [3.63, 3.8) is 0 Å². The minimum atomic E-state index is -0.584. The Hall–Kier alpha value is -3.20. The molecule has 0 aliphatic rings. The van der Waals surface area contributed by atoms with E-state index in [-0.39, 0.29) is 17.4 Å². The molecule has 0 saturated carbocycles. The Bertz CT molecular complexity index is 950. The second-order valence-electron chi connectivity index (χ2n) is 5.24. The maximum atomic E-state index is 11.7. The van der Waals surface area contributed by atoms with Crippen LogP contribution in [-0.2, 0) is 0 Å². The topological polar surface area (TPSA) is 99.4 Å². The van der Waals surface area contributed by atoms with Crippen molar-refractivity contribution in [2.24, 2.45) is 0 Å². The number of nitro groups is 1. The second-order valence-corrected chi connectivity index (χ2v) is 6.16. The number of para-hydroxylation sites is 2. The first-order valence-corrected chi connectivity index (χ1v) is 8.79. The third-order valence-electron chi connectivity index (χ3n) is 3.44. The number of rotatable bonds is 7. The molecule has 9 heteroatoms. The summed E-state index contributed by atoms with van der Waals surface area (Å²) in [5.74, 6) is 0.826.